The Morgan fingerprint density at radius 2 is 2.19 bits per heavy atom. The summed E-state index contributed by atoms with van der Waals surface area (Å²) in [4.78, 5) is 14.1. The number of carbonyl (C=O) groups is 1. The van der Waals surface area contributed by atoms with Crippen molar-refractivity contribution in [3.8, 4) is 11.5 Å². The molecule has 1 saturated heterocycles. The SMILES string of the molecule is CCNC(=O)COc1ccc(CNC(C)CN2CCCC(C)C2)cc1OC. The zero-order valence-corrected chi connectivity index (χ0v) is 17.2. The smallest absolute Gasteiger partial charge is 0.257 e. The highest BCUT2D eigenvalue weighted by Gasteiger charge is 2.18. The van der Waals surface area contributed by atoms with Gasteiger partial charge in [-0.25, -0.2) is 0 Å². The molecule has 0 spiro atoms. The molecular weight excluding hydrogens is 342 g/mol. The minimum atomic E-state index is -0.133. The molecule has 6 heteroatoms. The predicted molar refractivity (Wildman–Crippen MR) is 108 cm³/mol. The van der Waals surface area contributed by atoms with E-state index >= 15 is 0 Å². The van der Waals surface area contributed by atoms with Gasteiger partial charge in [0.05, 0.1) is 7.11 Å². The van der Waals surface area contributed by atoms with Gasteiger partial charge in [0.25, 0.3) is 5.91 Å². The van der Waals surface area contributed by atoms with Crippen LogP contribution in [0.2, 0.25) is 0 Å². The molecule has 0 bridgehead atoms. The van der Waals surface area contributed by atoms with Crippen LogP contribution in [0.25, 0.3) is 0 Å². The van der Waals surface area contributed by atoms with E-state index in [2.05, 4.69) is 29.4 Å². The van der Waals surface area contributed by atoms with Crippen LogP contribution in [0, 0.1) is 5.92 Å². The average molecular weight is 378 g/mol. The summed E-state index contributed by atoms with van der Waals surface area (Å²) in [6, 6.07) is 6.27. The number of likely N-dealkylation sites (N-methyl/N-ethyl adjacent to an activating group) is 1. The number of ether oxygens (including phenoxy) is 2. The number of hydrogen-bond acceptors (Lipinski definition) is 5. The Hall–Kier alpha value is -1.79. The molecule has 1 amide bonds. The van der Waals surface area contributed by atoms with Gasteiger partial charge in [0.1, 0.15) is 0 Å². The number of nitrogens with one attached hydrogen (secondary N) is 2. The summed E-state index contributed by atoms with van der Waals surface area (Å²) in [5.74, 6) is 1.91. The number of rotatable bonds is 10. The molecule has 27 heavy (non-hydrogen) atoms. The lowest BCUT2D eigenvalue weighted by Gasteiger charge is -2.33. The summed E-state index contributed by atoms with van der Waals surface area (Å²) in [6.07, 6.45) is 2.66. The maximum Gasteiger partial charge on any atom is 0.257 e. The second-order valence-electron chi connectivity index (χ2n) is 7.52. The van der Waals surface area contributed by atoms with Crippen LogP contribution in [-0.2, 0) is 11.3 Å². The van der Waals surface area contributed by atoms with Crippen molar-refractivity contribution in [2.24, 2.45) is 5.92 Å². The van der Waals surface area contributed by atoms with E-state index in [1.54, 1.807) is 7.11 Å². The van der Waals surface area contributed by atoms with Crippen LogP contribution >= 0.6 is 0 Å². The highest BCUT2D eigenvalue weighted by Crippen LogP contribution is 2.28. The van der Waals surface area contributed by atoms with Gasteiger partial charge < -0.3 is 25.0 Å². The van der Waals surface area contributed by atoms with Crippen molar-refractivity contribution in [3.05, 3.63) is 23.8 Å². The van der Waals surface area contributed by atoms with E-state index < -0.39 is 0 Å². The van der Waals surface area contributed by atoms with Crippen LogP contribution in [0.5, 0.6) is 11.5 Å². The second-order valence-corrected chi connectivity index (χ2v) is 7.52. The van der Waals surface area contributed by atoms with Gasteiger partial charge in [-0.3, -0.25) is 4.79 Å². The number of piperidine rings is 1. The minimum absolute atomic E-state index is 0.00686. The van der Waals surface area contributed by atoms with Crippen molar-refractivity contribution >= 4 is 5.91 Å². The summed E-state index contributed by atoms with van der Waals surface area (Å²) < 4.78 is 11.0. The summed E-state index contributed by atoms with van der Waals surface area (Å²) in [6.45, 7) is 11.3. The maximum atomic E-state index is 11.6. The van der Waals surface area contributed by atoms with Gasteiger partial charge in [0.15, 0.2) is 18.1 Å². The molecule has 0 saturated carbocycles. The molecule has 2 atom stereocenters. The molecule has 0 radical (unpaired) electrons. The first-order chi connectivity index (χ1) is 13.0. The first-order valence-electron chi connectivity index (χ1n) is 10.0. The lowest BCUT2D eigenvalue weighted by atomic mass is 10.00. The quantitative estimate of drug-likeness (QED) is 0.656. The van der Waals surface area contributed by atoms with Crippen molar-refractivity contribution in [2.45, 2.75) is 46.2 Å². The van der Waals surface area contributed by atoms with Crippen molar-refractivity contribution in [1.29, 1.82) is 0 Å². The summed E-state index contributed by atoms with van der Waals surface area (Å²) in [7, 11) is 1.62. The third-order valence-corrected chi connectivity index (χ3v) is 4.89. The van der Waals surface area contributed by atoms with Gasteiger partial charge in [0.2, 0.25) is 0 Å². The zero-order chi connectivity index (χ0) is 19.6. The van der Waals surface area contributed by atoms with E-state index in [0.717, 1.165) is 24.6 Å². The molecular formula is C21H35N3O3. The summed E-state index contributed by atoms with van der Waals surface area (Å²) in [5.41, 5.74) is 1.14. The van der Waals surface area contributed by atoms with Gasteiger partial charge in [-0.05, 0) is 56.8 Å². The van der Waals surface area contributed by atoms with Crippen LogP contribution in [0.15, 0.2) is 18.2 Å². The number of methoxy groups -OCH3 is 1. The fraction of sp³-hybridized carbons (Fsp3) is 0.667. The summed E-state index contributed by atoms with van der Waals surface area (Å²) >= 11 is 0. The van der Waals surface area contributed by atoms with Gasteiger partial charge in [-0.2, -0.15) is 0 Å². The third kappa shape index (κ3) is 7.39. The fourth-order valence-electron chi connectivity index (χ4n) is 3.53. The van der Waals surface area contributed by atoms with Crippen LogP contribution < -0.4 is 20.1 Å². The predicted octanol–water partition coefficient (Wildman–Crippen LogP) is 2.42. The Labute approximate surface area is 163 Å². The first kappa shape index (κ1) is 21.5. The molecule has 2 unspecified atom stereocenters. The lowest BCUT2D eigenvalue weighted by molar-refractivity contribution is -0.123. The molecule has 0 aromatic heterocycles. The van der Waals surface area contributed by atoms with Crippen LogP contribution in [-0.4, -0.2) is 56.7 Å². The van der Waals surface area contributed by atoms with Gasteiger partial charge in [0, 0.05) is 32.2 Å². The highest BCUT2D eigenvalue weighted by molar-refractivity contribution is 5.77. The number of amides is 1. The van der Waals surface area contributed by atoms with Gasteiger partial charge in [-0.15, -0.1) is 0 Å². The number of hydrogen-bond donors (Lipinski definition) is 2. The van der Waals surface area contributed by atoms with Gasteiger partial charge in [-0.1, -0.05) is 13.0 Å². The number of benzene rings is 1. The molecule has 2 N–H and O–H groups in total. The zero-order valence-electron chi connectivity index (χ0n) is 17.2. The van der Waals surface area contributed by atoms with Crippen molar-refractivity contribution in [2.75, 3.05) is 39.9 Å². The van der Waals surface area contributed by atoms with Crippen molar-refractivity contribution < 1.29 is 14.3 Å². The number of nitrogens with zero attached hydrogens (tertiary/aromatic N) is 1. The fourth-order valence-corrected chi connectivity index (χ4v) is 3.53. The molecule has 1 aliphatic heterocycles. The Morgan fingerprint density at radius 1 is 1.37 bits per heavy atom. The average Bonchev–Trinajstić information content (AvgIpc) is 2.65. The Bertz CT molecular complexity index is 594. The number of carbonyl (C=O) groups excluding carboxylic acids is 1. The molecule has 2 rings (SSSR count). The van der Waals surface area contributed by atoms with Crippen LogP contribution in [0.3, 0.4) is 0 Å². The lowest BCUT2D eigenvalue weighted by Crippen LogP contribution is -2.43. The monoisotopic (exact) mass is 377 g/mol. The molecule has 6 nitrogen and oxygen atoms in total. The highest BCUT2D eigenvalue weighted by atomic mass is 16.5. The molecule has 1 aromatic rings. The molecule has 152 valence electrons. The van der Waals surface area contributed by atoms with E-state index in [4.69, 9.17) is 9.47 Å². The van der Waals surface area contributed by atoms with E-state index in [-0.39, 0.29) is 12.5 Å². The molecule has 1 aliphatic rings. The molecule has 1 heterocycles. The van der Waals surface area contributed by atoms with Crippen LogP contribution in [0.4, 0.5) is 0 Å². The minimum Gasteiger partial charge on any atom is -0.493 e. The first-order valence-corrected chi connectivity index (χ1v) is 10.0. The standard InChI is InChI=1S/C21H35N3O3/c1-5-22-21(25)15-27-19-9-8-18(11-20(19)26-4)12-23-17(3)14-24-10-6-7-16(2)13-24/h8-9,11,16-17,23H,5-7,10,12-15H2,1-4H3,(H,22,25). The third-order valence-electron chi connectivity index (χ3n) is 4.89. The molecule has 0 aliphatic carbocycles. The normalized spacial score (nSPS) is 18.7. The van der Waals surface area contributed by atoms with Crippen molar-refractivity contribution in [3.63, 3.8) is 0 Å². The van der Waals surface area contributed by atoms with E-state index in [1.165, 1.54) is 25.9 Å². The summed E-state index contributed by atoms with van der Waals surface area (Å²) in [5, 5.41) is 6.31. The van der Waals surface area contributed by atoms with Gasteiger partial charge >= 0.3 is 0 Å². The Morgan fingerprint density at radius 3 is 2.89 bits per heavy atom. The Kier molecular flexibility index (Phi) is 8.88. The Balaban J connectivity index is 1.82. The largest absolute Gasteiger partial charge is 0.493 e. The topological polar surface area (TPSA) is 62.8 Å². The number of likely N-dealkylation sites (tertiary alicyclic amines) is 1. The maximum absolute atomic E-state index is 11.6. The molecule has 1 fully saturated rings. The molecule has 1 aromatic carbocycles. The van der Waals surface area contributed by atoms with E-state index in [9.17, 15) is 4.79 Å². The van der Waals surface area contributed by atoms with Crippen LogP contribution in [0.1, 0.15) is 39.2 Å². The van der Waals surface area contributed by atoms with E-state index in [1.807, 2.05) is 25.1 Å². The van der Waals surface area contributed by atoms with E-state index in [0.29, 0.717) is 24.1 Å². The second kappa shape index (κ2) is 11.1. The van der Waals surface area contributed by atoms with Crippen molar-refractivity contribution in [1.82, 2.24) is 15.5 Å².